The largest absolute Gasteiger partial charge is 0.478 e. The summed E-state index contributed by atoms with van der Waals surface area (Å²) in [6, 6.07) is 0. The first-order valence-electron chi connectivity index (χ1n) is 24.7. The summed E-state index contributed by atoms with van der Waals surface area (Å²) in [7, 11) is 0. The molecule has 0 aromatic rings. The summed E-state index contributed by atoms with van der Waals surface area (Å²) in [4.78, 5) is 45.5. The molecule has 0 aliphatic heterocycles. The number of rotatable bonds is 38. The lowest BCUT2D eigenvalue weighted by Crippen LogP contribution is -2.35. The summed E-state index contributed by atoms with van der Waals surface area (Å²) in [5, 5.41) is 23.2. The van der Waals surface area contributed by atoms with Crippen LogP contribution >= 0.6 is 0 Å². The van der Waals surface area contributed by atoms with Crippen molar-refractivity contribution in [2.24, 2.45) is 23.7 Å². The Hall–Kier alpha value is -3.04. The van der Waals surface area contributed by atoms with Crippen LogP contribution < -0.4 is 10.6 Å². The van der Waals surface area contributed by atoms with Crippen LogP contribution in [0.2, 0.25) is 0 Å². The first-order chi connectivity index (χ1) is 29.1. The number of aliphatic carboxylic acids is 2. The van der Waals surface area contributed by atoms with Gasteiger partial charge in [0.15, 0.2) is 0 Å². The fourth-order valence-electron chi connectivity index (χ4n) is 9.10. The van der Waals surface area contributed by atoms with Gasteiger partial charge < -0.3 is 30.3 Å². The molecule has 0 saturated heterocycles. The summed E-state index contributed by atoms with van der Waals surface area (Å²) in [6.45, 7) is 9.33. The Bertz CT molecular complexity index is 1190. The number of carbonyl (C=O) groups excluding carboxylic acids is 2. The molecule has 10 nitrogen and oxygen atoms in total. The van der Waals surface area contributed by atoms with Crippen molar-refractivity contribution in [3.63, 3.8) is 0 Å². The van der Waals surface area contributed by atoms with Crippen LogP contribution in [0.4, 0.5) is 9.59 Å². The molecule has 348 valence electrons. The van der Waals surface area contributed by atoms with Gasteiger partial charge in [-0.3, -0.25) is 0 Å². The van der Waals surface area contributed by atoms with Crippen molar-refractivity contribution in [3.8, 4) is 0 Å². The Morgan fingerprint density at radius 1 is 0.483 bits per heavy atom. The number of hydrogen-bond donors (Lipinski definition) is 4. The molecule has 1 aliphatic carbocycles. The van der Waals surface area contributed by atoms with Crippen molar-refractivity contribution >= 4 is 24.1 Å². The van der Waals surface area contributed by atoms with E-state index in [1.165, 1.54) is 154 Å². The molecule has 60 heavy (non-hydrogen) atoms. The zero-order valence-corrected chi connectivity index (χ0v) is 38.8. The fraction of sp³-hybridized carbons (Fsp3) is 0.840. The highest BCUT2D eigenvalue weighted by atomic mass is 16.6. The minimum absolute atomic E-state index is 0.281. The van der Waals surface area contributed by atoms with Crippen LogP contribution in [0.5, 0.6) is 0 Å². The van der Waals surface area contributed by atoms with E-state index in [1.807, 2.05) is 0 Å². The number of carboxylic acid groups (broad SMARTS) is 2. The number of carboxylic acids is 2. The van der Waals surface area contributed by atoms with Gasteiger partial charge in [0.1, 0.15) is 0 Å². The summed E-state index contributed by atoms with van der Waals surface area (Å²) < 4.78 is 10.6. The molecule has 1 saturated carbocycles. The molecule has 0 spiro atoms. The van der Waals surface area contributed by atoms with E-state index in [4.69, 9.17) is 19.7 Å². The summed E-state index contributed by atoms with van der Waals surface area (Å²) >= 11 is 0. The minimum Gasteiger partial charge on any atom is -0.478 e. The summed E-state index contributed by atoms with van der Waals surface area (Å²) in [6.07, 6.45) is 39.5. The van der Waals surface area contributed by atoms with Crippen molar-refractivity contribution in [1.29, 1.82) is 0 Å². The first-order valence-corrected chi connectivity index (χ1v) is 24.7. The number of amides is 2. The van der Waals surface area contributed by atoms with E-state index in [9.17, 15) is 19.2 Å². The number of alkyl carbamates (subject to hydrolysis) is 2. The second-order valence-electron chi connectivity index (χ2n) is 17.7. The Balaban J connectivity index is 2.46. The summed E-state index contributed by atoms with van der Waals surface area (Å²) in [5.41, 5.74) is 0.562. The van der Waals surface area contributed by atoms with Gasteiger partial charge in [0.05, 0.1) is 13.2 Å². The number of nitrogens with one attached hydrogen (secondary N) is 2. The molecule has 4 atom stereocenters. The topological polar surface area (TPSA) is 151 Å². The molecule has 0 bridgehead atoms. The van der Waals surface area contributed by atoms with Gasteiger partial charge in [-0.05, 0) is 88.9 Å². The van der Waals surface area contributed by atoms with E-state index >= 15 is 0 Å². The van der Waals surface area contributed by atoms with Gasteiger partial charge in [-0.2, -0.15) is 0 Å². The standard InChI is InChI=1S/C50H90N2O8/c1-5-7-9-16-23-33-45-43(31-21-8-6-2)35-36-44(32-22-17-12-10-14-19-25-39-59-49(57)51-37-27-29-41(3)47(53)54)46(45)34-24-18-13-11-15-20-26-40-60-50(58)52-38-28-30-42(4)48(55)56/h29-30,43-46H,5-28,31-40H2,1-4H3,(H,51,57)(H,52,58)(H,53,54)(H,55,56). The first kappa shape index (κ1) is 55.0. The highest BCUT2D eigenvalue weighted by molar-refractivity contribution is 5.86. The lowest BCUT2D eigenvalue weighted by atomic mass is 9.61. The normalized spacial score (nSPS) is 18.3. The molecule has 0 aromatic heterocycles. The zero-order valence-electron chi connectivity index (χ0n) is 38.8. The van der Waals surface area contributed by atoms with E-state index in [1.54, 1.807) is 26.0 Å². The van der Waals surface area contributed by atoms with Crippen LogP contribution in [0, 0.1) is 23.7 Å². The van der Waals surface area contributed by atoms with Gasteiger partial charge >= 0.3 is 24.1 Å². The predicted molar refractivity (Wildman–Crippen MR) is 245 cm³/mol. The minimum atomic E-state index is -0.939. The van der Waals surface area contributed by atoms with Gasteiger partial charge in [0, 0.05) is 24.2 Å². The number of unbranched alkanes of at least 4 members (excludes halogenated alkanes) is 18. The maximum Gasteiger partial charge on any atom is 0.407 e. The SMILES string of the molecule is CCCCCCCC1C(CCCCC)CCC(CCCCCCCCCOC(=O)NCCC=C(C)C(=O)O)C1CCCCCCCCCOC(=O)NCCC=C(C)C(=O)O. The number of hydrogen-bond acceptors (Lipinski definition) is 6. The van der Waals surface area contributed by atoms with Crippen LogP contribution in [-0.2, 0) is 19.1 Å². The van der Waals surface area contributed by atoms with E-state index in [2.05, 4.69) is 24.5 Å². The second-order valence-corrected chi connectivity index (χ2v) is 17.7. The van der Waals surface area contributed by atoms with Crippen molar-refractivity contribution < 1.29 is 38.9 Å². The highest BCUT2D eigenvalue weighted by Gasteiger charge is 2.37. The molecular weight excluding hydrogens is 757 g/mol. The van der Waals surface area contributed by atoms with Gasteiger partial charge in [0.2, 0.25) is 0 Å². The molecule has 1 aliphatic rings. The van der Waals surface area contributed by atoms with Gasteiger partial charge in [0.25, 0.3) is 0 Å². The smallest absolute Gasteiger partial charge is 0.407 e. The van der Waals surface area contributed by atoms with E-state index in [-0.39, 0.29) is 11.1 Å². The Morgan fingerprint density at radius 3 is 1.18 bits per heavy atom. The molecular formula is C50H90N2O8. The fourth-order valence-corrected chi connectivity index (χ4v) is 9.10. The van der Waals surface area contributed by atoms with Gasteiger partial charge in [-0.25, -0.2) is 19.2 Å². The molecule has 0 heterocycles. The Morgan fingerprint density at radius 2 is 0.800 bits per heavy atom. The number of ether oxygens (including phenoxy) is 2. The molecule has 10 heteroatoms. The Labute approximate surface area is 366 Å². The van der Waals surface area contributed by atoms with Crippen molar-refractivity contribution in [2.75, 3.05) is 26.3 Å². The van der Waals surface area contributed by atoms with E-state index < -0.39 is 24.1 Å². The molecule has 1 rings (SSSR count). The maximum atomic E-state index is 11.9. The third-order valence-electron chi connectivity index (χ3n) is 12.8. The number of carbonyl (C=O) groups is 4. The monoisotopic (exact) mass is 847 g/mol. The average molecular weight is 847 g/mol. The lowest BCUT2D eigenvalue weighted by molar-refractivity contribution is -0.133. The van der Waals surface area contributed by atoms with Crippen LogP contribution in [-0.4, -0.2) is 60.6 Å². The van der Waals surface area contributed by atoms with Crippen LogP contribution in [0.3, 0.4) is 0 Å². The van der Waals surface area contributed by atoms with Crippen LogP contribution in [0.15, 0.2) is 23.3 Å². The molecule has 4 N–H and O–H groups in total. The summed E-state index contributed by atoms with van der Waals surface area (Å²) in [5.74, 6) is 1.73. The van der Waals surface area contributed by atoms with Crippen molar-refractivity contribution in [3.05, 3.63) is 23.3 Å². The molecule has 4 unspecified atom stereocenters. The van der Waals surface area contributed by atoms with Crippen molar-refractivity contribution in [2.45, 2.75) is 220 Å². The van der Waals surface area contributed by atoms with Gasteiger partial charge in [-0.1, -0.05) is 167 Å². The zero-order chi connectivity index (χ0) is 44.1. The van der Waals surface area contributed by atoms with Gasteiger partial charge in [-0.15, -0.1) is 0 Å². The predicted octanol–water partition coefficient (Wildman–Crippen LogP) is 13.7. The molecule has 1 fully saturated rings. The quantitative estimate of drug-likeness (QED) is 0.0354. The molecule has 0 aromatic carbocycles. The van der Waals surface area contributed by atoms with E-state index in [0.29, 0.717) is 39.1 Å². The van der Waals surface area contributed by atoms with Crippen LogP contribution in [0.25, 0.3) is 0 Å². The molecule has 2 amide bonds. The third kappa shape index (κ3) is 29.3. The molecule has 0 radical (unpaired) electrons. The lowest BCUT2D eigenvalue weighted by Gasteiger charge is -2.44. The van der Waals surface area contributed by atoms with Crippen molar-refractivity contribution in [1.82, 2.24) is 10.6 Å². The highest BCUT2D eigenvalue weighted by Crippen LogP contribution is 2.47. The maximum absolute atomic E-state index is 11.9. The Kier molecular flexibility index (Phi) is 34.5. The second kappa shape index (κ2) is 37.7. The average Bonchev–Trinajstić information content (AvgIpc) is 3.23. The third-order valence-corrected chi connectivity index (χ3v) is 12.8. The van der Waals surface area contributed by atoms with E-state index in [0.717, 1.165) is 49.4 Å². The van der Waals surface area contributed by atoms with Crippen LogP contribution in [0.1, 0.15) is 220 Å².